The number of nitrogens with one attached hydrogen (secondary N) is 1. The number of hydrogen-bond acceptors (Lipinski definition) is 5. The Kier molecular flexibility index (Phi) is 5.74. The van der Waals surface area contributed by atoms with Gasteiger partial charge < -0.3 is 15.8 Å². The minimum Gasteiger partial charge on any atom is -0.385 e. The molecule has 0 saturated carbocycles. The summed E-state index contributed by atoms with van der Waals surface area (Å²) in [7, 11) is 0. The van der Waals surface area contributed by atoms with E-state index in [1.807, 2.05) is 0 Å². The van der Waals surface area contributed by atoms with E-state index in [-0.39, 0.29) is 16.9 Å². The number of halogens is 5. The molecule has 1 amide bonds. The normalized spacial score (nSPS) is 23.9. The quantitative estimate of drug-likeness (QED) is 0.669. The number of nitrogens with two attached hydrogens (primary N) is 1. The molecule has 3 N–H and O–H groups in total. The third-order valence-corrected chi connectivity index (χ3v) is 5.31. The molecule has 6 nitrogen and oxygen atoms in total. The van der Waals surface area contributed by atoms with Gasteiger partial charge in [0.05, 0.1) is 11.6 Å². The van der Waals surface area contributed by atoms with Crippen molar-refractivity contribution in [3.8, 4) is 0 Å². The first-order valence-corrected chi connectivity index (χ1v) is 9.45. The van der Waals surface area contributed by atoms with E-state index in [0.717, 1.165) is 13.0 Å². The van der Waals surface area contributed by atoms with Gasteiger partial charge in [-0.3, -0.25) is 9.79 Å². The molecule has 166 valence electrons. The molecule has 3 rings (SSSR count). The van der Waals surface area contributed by atoms with Crippen LogP contribution in [0.25, 0.3) is 0 Å². The Bertz CT molecular complexity index is 1080. The minimum absolute atomic E-state index is 0.0849. The summed E-state index contributed by atoms with van der Waals surface area (Å²) in [4.78, 5) is 20.5. The summed E-state index contributed by atoms with van der Waals surface area (Å²) < 4.78 is 59.6. The maximum absolute atomic E-state index is 14.6. The summed E-state index contributed by atoms with van der Waals surface area (Å²) in [5.74, 6) is -2.12. The van der Waals surface area contributed by atoms with E-state index in [9.17, 15) is 22.4 Å². The predicted octanol–water partition coefficient (Wildman–Crippen LogP) is 4.36. The van der Waals surface area contributed by atoms with Gasteiger partial charge >= 0.3 is 6.18 Å². The van der Waals surface area contributed by atoms with Crippen molar-refractivity contribution in [1.82, 2.24) is 4.98 Å². The summed E-state index contributed by atoms with van der Waals surface area (Å²) in [5, 5.41) is 2.95. The number of aliphatic imine (C=N–C) groups is 1. The number of ether oxygens (including phenoxy) is 1. The van der Waals surface area contributed by atoms with Crippen LogP contribution in [0.15, 0.2) is 35.5 Å². The van der Waals surface area contributed by atoms with Crippen molar-refractivity contribution in [2.24, 2.45) is 10.7 Å². The smallest absolute Gasteiger partial charge is 0.385 e. The number of anilines is 1. The molecule has 1 aromatic heterocycles. The van der Waals surface area contributed by atoms with Gasteiger partial charge in [0.15, 0.2) is 0 Å². The highest BCUT2D eigenvalue weighted by Crippen LogP contribution is 2.41. The molecule has 31 heavy (non-hydrogen) atoms. The third kappa shape index (κ3) is 4.22. The Hall–Kier alpha value is -2.72. The summed E-state index contributed by atoms with van der Waals surface area (Å²) in [6.45, 7) is 3.24. The van der Waals surface area contributed by atoms with Crippen LogP contribution in [0, 0.1) is 12.7 Å². The first-order chi connectivity index (χ1) is 14.3. The van der Waals surface area contributed by atoms with Gasteiger partial charge in [0.1, 0.15) is 22.9 Å². The second-order valence-electron chi connectivity index (χ2n) is 7.56. The molecule has 0 fully saturated rings. The van der Waals surface area contributed by atoms with Crippen LogP contribution in [0.4, 0.5) is 23.2 Å². The van der Waals surface area contributed by atoms with Crippen molar-refractivity contribution < 1.29 is 27.1 Å². The highest BCUT2D eigenvalue weighted by molar-refractivity contribution is 6.30. The molecule has 0 bridgehead atoms. The lowest BCUT2D eigenvalue weighted by Crippen LogP contribution is -2.60. The Morgan fingerprint density at radius 2 is 1.97 bits per heavy atom. The lowest BCUT2D eigenvalue weighted by molar-refractivity contribution is -0.249. The number of amides is 1. The van der Waals surface area contributed by atoms with Gasteiger partial charge in [0.2, 0.25) is 5.60 Å². The zero-order valence-electron chi connectivity index (χ0n) is 16.8. The van der Waals surface area contributed by atoms with Crippen molar-refractivity contribution in [2.45, 2.75) is 38.1 Å². The van der Waals surface area contributed by atoms with Gasteiger partial charge in [-0.05, 0) is 50.6 Å². The number of carbonyl (C=O) groups excluding carboxylic acids is 1. The lowest BCUT2D eigenvalue weighted by Gasteiger charge is -2.41. The maximum Gasteiger partial charge on any atom is 0.424 e. The third-order valence-electron chi connectivity index (χ3n) is 5.10. The molecule has 2 aromatic rings. The average Bonchev–Trinajstić information content (AvgIpc) is 2.65. The molecular formula is C20H19ClF4N4O2. The predicted molar refractivity (Wildman–Crippen MR) is 108 cm³/mol. The number of hydrogen-bond donors (Lipinski definition) is 2. The van der Waals surface area contributed by atoms with E-state index in [1.54, 1.807) is 13.0 Å². The molecule has 0 aliphatic carbocycles. The fourth-order valence-corrected chi connectivity index (χ4v) is 3.33. The molecule has 0 spiro atoms. The molecule has 1 aliphatic rings. The van der Waals surface area contributed by atoms with Crippen molar-refractivity contribution in [3.63, 3.8) is 0 Å². The highest BCUT2D eigenvalue weighted by atomic mass is 35.5. The van der Waals surface area contributed by atoms with Crippen LogP contribution in [0.3, 0.4) is 0 Å². The average molecular weight is 459 g/mol. The summed E-state index contributed by atoms with van der Waals surface area (Å²) in [6, 6.07) is 5.22. The second kappa shape index (κ2) is 7.76. The standard InChI is InChI=1S/C20H19ClF4N4O2/c1-10-6-11(21)8-27-15(10)16(30)28-12-4-5-14(22)13(7-12)18(2)9-31-19(3,17(26)29-18)20(23,24)25/h4-8H,9H2,1-3H3,(H2,26,29)(H,28,30)/t18-,19+/m0/s1. The molecule has 0 unspecified atom stereocenters. The van der Waals surface area contributed by atoms with Crippen LogP contribution < -0.4 is 11.1 Å². The van der Waals surface area contributed by atoms with Gasteiger partial charge in [0, 0.05) is 17.4 Å². The van der Waals surface area contributed by atoms with E-state index in [1.165, 1.54) is 25.3 Å². The SMILES string of the molecule is Cc1cc(Cl)cnc1C(=O)Nc1ccc(F)c([C@]2(C)CO[C@@](C)(C(F)(F)F)C(N)=N2)c1. The van der Waals surface area contributed by atoms with E-state index in [0.29, 0.717) is 10.6 Å². The van der Waals surface area contributed by atoms with E-state index < -0.39 is 41.5 Å². The fraction of sp³-hybridized carbons (Fsp3) is 0.350. The second-order valence-corrected chi connectivity index (χ2v) is 7.99. The molecule has 0 radical (unpaired) electrons. The Morgan fingerprint density at radius 1 is 1.29 bits per heavy atom. The number of rotatable bonds is 3. The Balaban J connectivity index is 1.94. The maximum atomic E-state index is 14.6. The molecule has 11 heteroatoms. The van der Waals surface area contributed by atoms with Crippen LogP contribution in [-0.4, -0.2) is 35.1 Å². The zero-order chi connectivity index (χ0) is 23.2. The number of carbonyl (C=O) groups is 1. The zero-order valence-corrected chi connectivity index (χ0v) is 17.5. The van der Waals surface area contributed by atoms with Gasteiger partial charge in [0.25, 0.3) is 5.91 Å². The van der Waals surface area contributed by atoms with Crippen molar-refractivity contribution in [2.75, 3.05) is 11.9 Å². The largest absolute Gasteiger partial charge is 0.424 e. The number of alkyl halides is 3. The van der Waals surface area contributed by atoms with Crippen LogP contribution in [0.2, 0.25) is 5.02 Å². The summed E-state index contributed by atoms with van der Waals surface area (Å²) in [5.41, 5.74) is 2.03. The highest BCUT2D eigenvalue weighted by Gasteiger charge is 2.59. The molecule has 1 aliphatic heterocycles. The fourth-order valence-electron chi connectivity index (χ4n) is 3.11. The monoisotopic (exact) mass is 458 g/mol. The molecule has 1 aromatic carbocycles. The lowest BCUT2D eigenvalue weighted by atomic mass is 9.89. The Labute approximate surface area is 180 Å². The van der Waals surface area contributed by atoms with Crippen LogP contribution in [0.5, 0.6) is 0 Å². The number of nitrogens with zero attached hydrogens (tertiary/aromatic N) is 2. The number of amidine groups is 1. The van der Waals surface area contributed by atoms with E-state index in [4.69, 9.17) is 22.1 Å². The number of aromatic nitrogens is 1. The van der Waals surface area contributed by atoms with Crippen molar-refractivity contribution in [1.29, 1.82) is 0 Å². The topological polar surface area (TPSA) is 89.6 Å². The van der Waals surface area contributed by atoms with Crippen LogP contribution in [-0.2, 0) is 10.3 Å². The first kappa shape index (κ1) is 23.0. The molecule has 0 saturated heterocycles. The molecule has 2 heterocycles. The summed E-state index contributed by atoms with van der Waals surface area (Å²) >= 11 is 5.84. The van der Waals surface area contributed by atoms with E-state index >= 15 is 0 Å². The van der Waals surface area contributed by atoms with E-state index in [2.05, 4.69) is 15.3 Å². The van der Waals surface area contributed by atoms with Gasteiger partial charge in [-0.2, -0.15) is 13.2 Å². The van der Waals surface area contributed by atoms with Gasteiger partial charge in [-0.25, -0.2) is 9.37 Å². The summed E-state index contributed by atoms with van der Waals surface area (Å²) in [6.07, 6.45) is -3.48. The molecule has 2 atom stereocenters. The van der Waals surface area contributed by atoms with Crippen LogP contribution >= 0.6 is 11.6 Å². The van der Waals surface area contributed by atoms with Gasteiger partial charge in [-0.15, -0.1) is 0 Å². The number of aryl methyl sites for hydroxylation is 1. The van der Waals surface area contributed by atoms with Crippen LogP contribution in [0.1, 0.15) is 35.5 Å². The number of benzene rings is 1. The van der Waals surface area contributed by atoms with Crippen molar-refractivity contribution >= 4 is 29.0 Å². The number of pyridine rings is 1. The van der Waals surface area contributed by atoms with Gasteiger partial charge in [-0.1, -0.05) is 11.6 Å². The molecular weight excluding hydrogens is 440 g/mol. The Morgan fingerprint density at radius 3 is 2.55 bits per heavy atom. The minimum atomic E-state index is -4.79. The first-order valence-electron chi connectivity index (χ1n) is 9.07. The van der Waals surface area contributed by atoms with Crippen molar-refractivity contribution in [3.05, 3.63) is 58.1 Å².